The number of thiazole rings is 1. The Morgan fingerprint density at radius 2 is 2.03 bits per heavy atom. The first kappa shape index (κ1) is 19.9. The molecule has 9 heteroatoms. The number of aryl methyl sites for hydroxylation is 1. The molecule has 0 unspecified atom stereocenters. The molecule has 2 aromatic heterocycles. The van der Waals surface area contributed by atoms with Crippen LogP contribution >= 0.6 is 23.6 Å². The second kappa shape index (κ2) is 8.17. The Kier molecular flexibility index (Phi) is 5.62. The van der Waals surface area contributed by atoms with Gasteiger partial charge in [-0.25, -0.2) is 4.98 Å². The Bertz CT molecular complexity index is 1170. The average Bonchev–Trinajstić information content (AvgIpc) is 3.19. The lowest BCUT2D eigenvalue weighted by atomic mass is 10.1. The van der Waals surface area contributed by atoms with E-state index in [1.807, 2.05) is 4.90 Å². The van der Waals surface area contributed by atoms with E-state index in [0.29, 0.717) is 34.3 Å². The van der Waals surface area contributed by atoms with Crippen LogP contribution in [-0.2, 0) is 20.0 Å². The minimum Gasteiger partial charge on any atom is -0.336 e. The number of amides is 1. The summed E-state index contributed by atoms with van der Waals surface area (Å²) in [4.78, 5) is 37.1. The van der Waals surface area contributed by atoms with Crippen LogP contribution in [0, 0.1) is 4.77 Å². The van der Waals surface area contributed by atoms with Gasteiger partial charge in [0.25, 0.3) is 11.5 Å². The molecule has 1 saturated heterocycles. The molecule has 7 nitrogen and oxygen atoms in total. The Balaban J connectivity index is 1.44. The topological polar surface area (TPSA) is 74.2 Å². The van der Waals surface area contributed by atoms with Gasteiger partial charge in [0.05, 0.1) is 21.6 Å². The van der Waals surface area contributed by atoms with Gasteiger partial charge in [-0.2, -0.15) is 0 Å². The molecule has 1 aliphatic heterocycles. The molecule has 29 heavy (non-hydrogen) atoms. The summed E-state index contributed by atoms with van der Waals surface area (Å²) in [6.07, 6.45) is 0.967. The van der Waals surface area contributed by atoms with Crippen molar-refractivity contribution in [2.45, 2.75) is 19.9 Å². The number of hydrogen-bond acceptors (Lipinski definition) is 6. The van der Waals surface area contributed by atoms with Gasteiger partial charge in [0.2, 0.25) is 0 Å². The molecule has 1 fully saturated rings. The van der Waals surface area contributed by atoms with E-state index < -0.39 is 0 Å². The summed E-state index contributed by atoms with van der Waals surface area (Å²) in [5, 5.41) is 3.82. The van der Waals surface area contributed by atoms with Gasteiger partial charge in [0, 0.05) is 50.7 Å². The van der Waals surface area contributed by atoms with E-state index in [2.05, 4.69) is 27.2 Å². The number of nitrogens with zero attached hydrogens (tertiary/aromatic N) is 4. The number of aromatic nitrogens is 3. The van der Waals surface area contributed by atoms with E-state index in [4.69, 9.17) is 12.2 Å². The molecule has 3 heterocycles. The number of piperazine rings is 1. The van der Waals surface area contributed by atoms with E-state index >= 15 is 0 Å². The molecule has 4 rings (SSSR count). The summed E-state index contributed by atoms with van der Waals surface area (Å²) >= 11 is 6.89. The second-order valence-electron chi connectivity index (χ2n) is 7.21. The number of hydrogen-bond donors (Lipinski definition) is 1. The van der Waals surface area contributed by atoms with Crippen molar-refractivity contribution in [3.05, 3.63) is 55.0 Å². The minimum atomic E-state index is -0.162. The van der Waals surface area contributed by atoms with Gasteiger partial charge in [0.1, 0.15) is 0 Å². The minimum absolute atomic E-state index is 0.0199. The average molecular weight is 430 g/mol. The van der Waals surface area contributed by atoms with Crippen molar-refractivity contribution in [3.8, 4) is 0 Å². The molecule has 0 atom stereocenters. The van der Waals surface area contributed by atoms with Crippen LogP contribution in [0.15, 0.2) is 28.4 Å². The summed E-state index contributed by atoms with van der Waals surface area (Å²) in [5.74, 6) is -0.0199. The van der Waals surface area contributed by atoms with Crippen LogP contribution in [-0.4, -0.2) is 56.4 Å². The van der Waals surface area contributed by atoms with E-state index in [1.54, 1.807) is 36.6 Å². The summed E-state index contributed by atoms with van der Waals surface area (Å²) < 4.78 is 1.73. The van der Waals surface area contributed by atoms with Crippen LogP contribution in [0.5, 0.6) is 0 Å². The quantitative estimate of drug-likeness (QED) is 0.646. The lowest BCUT2D eigenvalue weighted by Gasteiger charge is -2.34. The van der Waals surface area contributed by atoms with Crippen molar-refractivity contribution in [2.24, 2.45) is 7.05 Å². The zero-order valence-corrected chi connectivity index (χ0v) is 18.1. The van der Waals surface area contributed by atoms with Gasteiger partial charge in [-0.15, -0.1) is 11.3 Å². The maximum Gasteiger partial charge on any atom is 0.261 e. The van der Waals surface area contributed by atoms with Crippen LogP contribution in [0.3, 0.4) is 0 Å². The number of nitrogens with one attached hydrogen (secondary N) is 1. The lowest BCUT2D eigenvalue weighted by Crippen LogP contribution is -2.48. The Morgan fingerprint density at radius 3 is 2.72 bits per heavy atom. The molecule has 152 valence electrons. The fourth-order valence-corrected chi connectivity index (χ4v) is 4.47. The smallest absolute Gasteiger partial charge is 0.261 e. The van der Waals surface area contributed by atoms with Crippen LogP contribution in [0.25, 0.3) is 10.9 Å². The predicted molar refractivity (Wildman–Crippen MR) is 117 cm³/mol. The molecule has 1 amide bonds. The first-order chi connectivity index (χ1) is 14.0. The second-order valence-corrected chi connectivity index (χ2v) is 8.54. The molecule has 0 radical (unpaired) electrons. The molecule has 3 aromatic rings. The third kappa shape index (κ3) is 4.03. The van der Waals surface area contributed by atoms with Gasteiger partial charge in [-0.1, -0.05) is 6.92 Å². The predicted octanol–water partition coefficient (Wildman–Crippen LogP) is 2.57. The van der Waals surface area contributed by atoms with Crippen molar-refractivity contribution in [2.75, 3.05) is 26.2 Å². The maximum atomic E-state index is 13.0. The van der Waals surface area contributed by atoms with Gasteiger partial charge in [0.15, 0.2) is 4.77 Å². The summed E-state index contributed by atoms with van der Waals surface area (Å²) in [6.45, 7) is 5.93. The number of carbonyl (C=O) groups is 1. The van der Waals surface area contributed by atoms with E-state index in [1.165, 1.54) is 9.57 Å². The molecule has 0 bridgehead atoms. The number of benzene rings is 1. The third-order valence-corrected chi connectivity index (χ3v) is 6.71. The third-order valence-electron chi connectivity index (χ3n) is 5.29. The highest BCUT2D eigenvalue weighted by Crippen LogP contribution is 2.16. The van der Waals surface area contributed by atoms with Crippen LogP contribution in [0.2, 0.25) is 0 Å². The van der Waals surface area contributed by atoms with Gasteiger partial charge in [-0.3, -0.25) is 19.1 Å². The monoisotopic (exact) mass is 429 g/mol. The van der Waals surface area contributed by atoms with Crippen LogP contribution in [0.1, 0.15) is 28.0 Å². The Morgan fingerprint density at radius 1 is 1.28 bits per heavy atom. The Labute approximate surface area is 177 Å². The molecule has 0 spiro atoms. The lowest BCUT2D eigenvalue weighted by molar-refractivity contribution is 0.0627. The molecular weight excluding hydrogens is 406 g/mol. The van der Waals surface area contributed by atoms with Gasteiger partial charge >= 0.3 is 0 Å². The van der Waals surface area contributed by atoms with Gasteiger partial charge in [-0.05, 0) is 36.8 Å². The largest absolute Gasteiger partial charge is 0.336 e. The number of H-pyrrole nitrogens is 1. The molecule has 1 N–H and O–H groups in total. The van der Waals surface area contributed by atoms with E-state index in [9.17, 15) is 9.59 Å². The summed E-state index contributed by atoms with van der Waals surface area (Å²) in [5.41, 5.74) is 2.11. The fraction of sp³-hybridized carbons (Fsp3) is 0.400. The van der Waals surface area contributed by atoms with Crippen molar-refractivity contribution < 1.29 is 4.79 Å². The number of rotatable bonds is 4. The molecule has 0 aliphatic carbocycles. The molecular formula is C20H23N5O2S2. The SMILES string of the molecule is CCc1nc(CN2CCN(C(=O)c3ccc4c(=O)n(C)c(=S)[nH]c4c3)CC2)cs1. The zero-order chi connectivity index (χ0) is 20.5. The first-order valence-electron chi connectivity index (χ1n) is 9.64. The normalized spacial score (nSPS) is 15.2. The molecule has 0 saturated carbocycles. The van der Waals surface area contributed by atoms with Crippen LogP contribution in [0.4, 0.5) is 0 Å². The van der Waals surface area contributed by atoms with Gasteiger partial charge < -0.3 is 9.88 Å². The van der Waals surface area contributed by atoms with Crippen molar-refractivity contribution in [3.63, 3.8) is 0 Å². The summed E-state index contributed by atoms with van der Waals surface area (Å²) in [7, 11) is 1.63. The fourth-order valence-electron chi connectivity index (χ4n) is 3.54. The van der Waals surface area contributed by atoms with Crippen molar-refractivity contribution in [1.29, 1.82) is 0 Å². The van der Waals surface area contributed by atoms with E-state index in [-0.39, 0.29) is 11.5 Å². The highest BCUT2D eigenvalue weighted by molar-refractivity contribution is 7.71. The van der Waals surface area contributed by atoms with E-state index in [0.717, 1.165) is 31.7 Å². The first-order valence-corrected chi connectivity index (χ1v) is 10.9. The summed E-state index contributed by atoms with van der Waals surface area (Å²) in [6, 6.07) is 5.14. The maximum absolute atomic E-state index is 13.0. The Hall–Kier alpha value is -2.36. The number of aromatic amines is 1. The highest BCUT2D eigenvalue weighted by atomic mass is 32.1. The molecule has 1 aliphatic rings. The highest BCUT2D eigenvalue weighted by Gasteiger charge is 2.23. The standard InChI is InChI=1S/C20H23N5O2S2/c1-3-17-21-14(12-29-17)11-24-6-8-25(9-7-24)18(26)13-4-5-15-16(10-13)22-20(28)23(2)19(15)27/h4-5,10,12H,3,6-9,11H2,1-2H3,(H,22,28). The number of carbonyl (C=O) groups excluding carboxylic acids is 1. The van der Waals surface area contributed by atoms with Crippen molar-refractivity contribution >= 4 is 40.4 Å². The number of fused-ring (bicyclic) bond motifs is 1. The van der Waals surface area contributed by atoms with Crippen molar-refractivity contribution in [1.82, 2.24) is 24.3 Å². The van der Waals surface area contributed by atoms with Crippen LogP contribution < -0.4 is 5.56 Å². The zero-order valence-electron chi connectivity index (χ0n) is 16.5. The molecule has 1 aromatic carbocycles.